The van der Waals surface area contributed by atoms with Gasteiger partial charge in [0, 0.05) is 17.0 Å². The molecule has 1 saturated carbocycles. The Morgan fingerprint density at radius 2 is 1.44 bits per heavy atom. The van der Waals surface area contributed by atoms with E-state index in [-0.39, 0.29) is 5.13 Å². The minimum atomic E-state index is -0.451. The first-order valence-electron chi connectivity index (χ1n) is 9.79. The Hall–Kier alpha value is -3.65. The van der Waals surface area contributed by atoms with Gasteiger partial charge in [-0.25, -0.2) is 19.5 Å². The van der Waals surface area contributed by atoms with Crippen LogP contribution < -0.4 is 4.90 Å². The number of nitrogens with zero attached hydrogens (tertiary/aromatic N) is 5. The fraction of sp³-hybridized carbons (Fsp3) is 0. The first kappa shape index (κ1) is 20.3. The van der Waals surface area contributed by atoms with Crippen molar-refractivity contribution in [1.29, 1.82) is 0 Å². The van der Waals surface area contributed by atoms with Crippen molar-refractivity contribution in [2.75, 3.05) is 4.90 Å². The van der Waals surface area contributed by atoms with E-state index in [9.17, 15) is 9.59 Å². The maximum Gasteiger partial charge on any atom is 0.267 e. The van der Waals surface area contributed by atoms with E-state index < -0.39 is 11.8 Å². The second-order valence-electron chi connectivity index (χ2n) is 6.84. The number of thiazole rings is 1. The number of benzene rings is 2. The van der Waals surface area contributed by atoms with E-state index in [4.69, 9.17) is 4.98 Å². The maximum absolute atomic E-state index is 13.5. The lowest BCUT2D eigenvalue weighted by Crippen LogP contribution is -2.37. The lowest BCUT2D eigenvalue weighted by molar-refractivity contribution is 0.0897. The largest absolute Gasteiger partial charge is 0.268 e. The van der Waals surface area contributed by atoms with Crippen LogP contribution in [0, 0.1) is 31.6 Å². The Labute approximate surface area is 189 Å². The normalized spacial score (nSPS) is 13.9. The maximum atomic E-state index is 13.5. The third-order valence-electron chi connectivity index (χ3n) is 4.80. The van der Waals surface area contributed by atoms with Gasteiger partial charge in [-0.15, -0.1) is 0 Å². The van der Waals surface area contributed by atoms with Gasteiger partial charge in [0.15, 0.2) is 0 Å². The Balaban J connectivity index is 1.63. The lowest BCUT2D eigenvalue weighted by Gasteiger charge is -2.18. The standard InChI is InChI=1S/C24H16N5O2S/c30-21(18-11-3-1-4-12-18)29(22(31)19-13-5-2-6-14-19)24-27-20(17-9-7-8-10-17)23(32-24)28-16-25-15-26-28/h1-16H. The zero-order valence-corrected chi connectivity index (χ0v) is 17.5. The molecular weight excluding hydrogens is 422 g/mol. The zero-order chi connectivity index (χ0) is 21.9. The molecule has 0 spiro atoms. The summed E-state index contributed by atoms with van der Waals surface area (Å²) < 4.78 is 1.58. The molecule has 0 N–H and O–H groups in total. The van der Waals surface area contributed by atoms with Gasteiger partial charge in [-0.1, -0.05) is 47.7 Å². The lowest BCUT2D eigenvalue weighted by atomic mass is 10.0. The van der Waals surface area contributed by atoms with Crippen molar-refractivity contribution < 1.29 is 9.59 Å². The smallest absolute Gasteiger partial charge is 0.267 e. The molecule has 0 bridgehead atoms. The van der Waals surface area contributed by atoms with Crippen molar-refractivity contribution in [2.45, 2.75) is 0 Å². The van der Waals surface area contributed by atoms with Gasteiger partial charge in [0.05, 0.1) is 5.69 Å². The van der Waals surface area contributed by atoms with E-state index in [0.717, 1.165) is 10.8 Å². The Morgan fingerprint density at radius 3 is 1.97 bits per heavy atom. The Kier molecular flexibility index (Phi) is 5.60. The number of hydrogen-bond donors (Lipinski definition) is 0. The summed E-state index contributed by atoms with van der Waals surface area (Å²) in [7, 11) is 0. The number of rotatable bonds is 5. The topological polar surface area (TPSA) is 81.0 Å². The number of anilines is 1. The van der Waals surface area contributed by atoms with E-state index in [1.807, 2.05) is 37.8 Å². The second kappa shape index (κ2) is 8.84. The molecule has 5 radical (unpaired) electrons. The quantitative estimate of drug-likeness (QED) is 0.441. The molecule has 2 aromatic heterocycles. The van der Waals surface area contributed by atoms with E-state index in [2.05, 4.69) is 10.1 Å². The van der Waals surface area contributed by atoms with Crippen LogP contribution in [0.5, 0.6) is 0 Å². The minimum Gasteiger partial charge on any atom is -0.268 e. The van der Waals surface area contributed by atoms with Crippen LogP contribution in [0.1, 0.15) is 26.4 Å². The fourth-order valence-corrected chi connectivity index (χ4v) is 4.29. The van der Waals surface area contributed by atoms with Gasteiger partial charge in [0.2, 0.25) is 5.13 Å². The molecule has 0 atom stereocenters. The minimum absolute atomic E-state index is 0.259. The molecule has 2 amide bonds. The molecule has 32 heavy (non-hydrogen) atoms. The third-order valence-corrected chi connectivity index (χ3v) is 5.83. The summed E-state index contributed by atoms with van der Waals surface area (Å²) in [5.74, 6) is -0.0444. The molecule has 7 nitrogen and oxygen atoms in total. The van der Waals surface area contributed by atoms with Gasteiger partial charge in [0.25, 0.3) is 11.8 Å². The average molecular weight is 438 g/mol. The second-order valence-corrected chi connectivity index (χ2v) is 7.80. The van der Waals surface area contributed by atoms with Crippen molar-refractivity contribution in [2.24, 2.45) is 0 Å². The number of hydrogen-bond acceptors (Lipinski definition) is 6. The highest BCUT2D eigenvalue weighted by Gasteiger charge is 2.33. The summed E-state index contributed by atoms with van der Waals surface area (Å²) in [5.41, 5.74) is 1.40. The first-order chi connectivity index (χ1) is 15.7. The van der Waals surface area contributed by atoms with Crippen molar-refractivity contribution in [3.8, 4) is 5.00 Å². The fourth-order valence-electron chi connectivity index (χ4n) is 3.27. The average Bonchev–Trinajstić information content (AvgIpc) is 3.61. The molecule has 0 saturated heterocycles. The van der Waals surface area contributed by atoms with Crippen LogP contribution in [0.3, 0.4) is 0 Å². The van der Waals surface area contributed by atoms with Gasteiger partial charge in [-0.2, -0.15) is 5.10 Å². The van der Waals surface area contributed by atoms with Crippen LogP contribution in [-0.4, -0.2) is 31.6 Å². The summed E-state index contributed by atoms with van der Waals surface area (Å²) >= 11 is 1.20. The van der Waals surface area contributed by atoms with Gasteiger partial charge in [0.1, 0.15) is 17.7 Å². The highest BCUT2D eigenvalue weighted by atomic mass is 32.1. The summed E-state index contributed by atoms with van der Waals surface area (Å²) in [4.78, 5) is 36.8. The predicted molar refractivity (Wildman–Crippen MR) is 121 cm³/mol. The predicted octanol–water partition coefficient (Wildman–Crippen LogP) is 3.96. The Morgan fingerprint density at radius 1 is 0.844 bits per heavy atom. The zero-order valence-electron chi connectivity index (χ0n) is 16.7. The molecule has 4 aromatic rings. The molecule has 8 heteroatoms. The van der Waals surface area contributed by atoms with Crippen LogP contribution in [0.4, 0.5) is 5.13 Å². The van der Waals surface area contributed by atoms with Crippen molar-refractivity contribution in [3.05, 3.63) is 122 Å². The van der Waals surface area contributed by atoms with Crippen LogP contribution >= 0.6 is 11.3 Å². The van der Waals surface area contributed by atoms with Crippen LogP contribution in [0.15, 0.2) is 73.3 Å². The summed E-state index contributed by atoms with van der Waals surface area (Å²) in [5, 5.41) is 5.14. The molecular formula is C24H16N5O2S. The van der Waals surface area contributed by atoms with Crippen LogP contribution in [0.2, 0.25) is 0 Å². The first-order valence-corrected chi connectivity index (χ1v) is 10.6. The monoisotopic (exact) mass is 438 g/mol. The summed E-state index contributed by atoms with van der Waals surface area (Å²) in [6.07, 6.45) is 10.6. The molecule has 1 aliphatic rings. The van der Waals surface area contributed by atoms with Crippen LogP contribution in [-0.2, 0) is 0 Å². The van der Waals surface area contributed by atoms with Gasteiger partial charge in [-0.05, 0) is 49.9 Å². The van der Waals surface area contributed by atoms with E-state index >= 15 is 0 Å². The van der Waals surface area contributed by atoms with Gasteiger partial charge >= 0.3 is 0 Å². The number of aromatic nitrogens is 4. The third kappa shape index (κ3) is 3.85. The molecule has 1 aliphatic carbocycles. The number of imide groups is 1. The SMILES string of the molecule is O=C(c1ccccc1)N(C(=O)c1ccccc1)c1nc([C]2[CH][CH][CH][CH]2)c(-n2cncn2)s1. The number of carbonyl (C=O) groups is 2. The van der Waals surface area contributed by atoms with E-state index in [0.29, 0.717) is 21.8 Å². The van der Waals surface area contributed by atoms with Crippen molar-refractivity contribution >= 4 is 28.3 Å². The molecule has 2 heterocycles. The molecule has 0 unspecified atom stereocenters. The van der Waals surface area contributed by atoms with Crippen molar-refractivity contribution in [3.63, 3.8) is 0 Å². The van der Waals surface area contributed by atoms with Gasteiger partial charge < -0.3 is 0 Å². The number of carbonyl (C=O) groups excluding carboxylic acids is 2. The van der Waals surface area contributed by atoms with E-state index in [1.54, 1.807) is 59.5 Å². The Bertz CT molecular complexity index is 1160. The highest BCUT2D eigenvalue weighted by Crippen LogP contribution is 2.39. The summed E-state index contributed by atoms with van der Waals surface area (Å²) in [6.45, 7) is 0. The molecule has 1 fully saturated rings. The molecule has 5 rings (SSSR count). The van der Waals surface area contributed by atoms with Gasteiger partial charge in [-0.3, -0.25) is 9.59 Å². The summed E-state index contributed by atoms with van der Waals surface area (Å²) in [6, 6.07) is 17.4. The molecule has 0 aliphatic heterocycles. The molecule has 2 aromatic carbocycles. The van der Waals surface area contributed by atoms with E-state index in [1.165, 1.54) is 17.7 Å². The number of amides is 2. The van der Waals surface area contributed by atoms with Crippen LogP contribution in [0.25, 0.3) is 5.00 Å². The molecule has 155 valence electrons. The highest BCUT2D eigenvalue weighted by molar-refractivity contribution is 7.18. The van der Waals surface area contributed by atoms with Crippen molar-refractivity contribution in [1.82, 2.24) is 19.7 Å².